The maximum Gasteiger partial charge on any atom is 0.254 e. The number of rotatable bonds is 4. The van der Waals surface area contributed by atoms with Crippen molar-refractivity contribution in [1.29, 1.82) is 0 Å². The summed E-state index contributed by atoms with van der Waals surface area (Å²) in [6.45, 7) is 7.07. The molecule has 5 heteroatoms. The van der Waals surface area contributed by atoms with Crippen molar-refractivity contribution in [2.45, 2.75) is 13.0 Å². The Kier molecular flexibility index (Phi) is 5.49. The van der Waals surface area contributed by atoms with Crippen LogP contribution in [0.3, 0.4) is 0 Å². The van der Waals surface area contributed by atoms with E-state index >= 15 is 0 Å². The van der Waals surface area contributed by atoms with Crippen LogP contribution in [-0.2, 0) is 9.53 Å². The van der Waals surface area contributed by atoms with E-state index in [4.69, 9.17) is 4.74 Å². The van der Waals surface area contributed by atoms with Crippen molar-refractivity contribution < 1.29 is 14.3 Å². The first kappa shape index (κ1) is 17.9. The standard InChI is InChI=1S/C21H22N2O3/c1-3-20(24)22-17-10-8-16(9-11-17)21(25)23-12-13-26-19(14-23)18-7-5-4-6-15(18)2/h3-11,19H,1,12-14H2,2H3,(H,22,24). The Labute approximate surface area is 153 Å². The van der Waals surface area contributed by atoms with E-state index in [0.29, 0.717) is 30.9 Å². The fourth-order valence-electron chi connectivity index (χ4n) is 3.04. The van der Waals surface area contributed by atoms with Crippen LogP contribution in [0.4, 0.5) is 5.69 Å². The summed E-state index contributed by atoms with van der Waals surface area (Å²) in [6, 6.07) is 15.0. The summed E-state index contributed by atoms with van der Waals surface area (Å²) < 4.78 is 5.89. The Morgan fingerprint density at radius 1 is 1.19 bits per heavy atom. The molecule has 1 saturated heterocycles. The van der Waals surface area contributed by atoms with E-state index in [1.54, 1.807) is 24.3 Å². The highest BCUT2D eigenvalue weighted by Crippen LogP contribution is 2.26. The molecule has 0 radical (unpaired) electrons. The van der Waals surface area contributed by atoms with Crippen LogP contribution in [0.25, 0.3) is 0 Å². The van der Waals surface area contributed by atoms with Gasteiger partial charge < -0.3 is 15.0 Å². The molecule has 0 aromatic heterocycles. The van der Waals surface area contributed by atoms with Gasteiger partial charge in [0.2, 0.25) is 5.91 Å². The Morgan fingerprint density at radius 3 is 2.62 bits per heavy atom. The number of carbonyl (C=O) groups is 2. The van der Waals surface area contributed by atoms with Gasteiger partial charge >= 0.3 is 0 Å². The van der Waals surface area contributed by atoms with Gasteiger partial charge in [0.1, 0.15) is 6.10 Å². The number of hydrogen-bond donors (Lipinski definition) is 1. The molecule has 1 N–H and O–H groups in total. The SMILES string of the molecule is C=CC(=O)Nc1ccc(C(=O)N2CCOC(c3ccccc3C)C2)cc1. The number of carbonyl (C=O) groups excluding carboxylic acids is 2. The Bertz CT molecular complexity index is 814. The lowest BCUT2D eigenvalue weighted by molar-refractivity contribution is -0.111. The van der Waals surface area contributed by atoms with E-state index in [2.05, 4.69) is 24.9 Å². The third-order valence-electron chi connectivity index (χ3n) is 4.47. The van der Waals surface area contributed by atoms with Crippen LogP contribution >= 0.6 is 0 Å². The average molecular weight is 350 g/mol. The van der Waals surface area contributed by atoms with Crippen LogP contribution in [0.15, 0.2) is 61.2 Å². The summed E-state index contributed by atoms with van der Waals surface area (Å²) in [5.41, 5.74) is 3.50. The Balaban J connectivity index is 1.70. The average Bonchev–Trinajstić information content (AvgIpc) is 2.68. The van der Waals surface area contributed by atoms with Crippen molar-refractivity contribution in [2.75, 3.05) is 25.0 Å². The molecule has 3 rings (SSSR count). The maximum absolute atomic E-state index is 12.8. The molecule has 0 spiro atoms. The first-order chi connectivity index (χ1) is 12.6. The molecule has 1 aliphatic heterocycles. The molecule has 1 unspecified atom stereocenters. The molecule has 5 nitrogen and oxygen atoms in total. The first-order valence-electron chi connectivity index (χ1n) is 8.58. The number of anilines is 1. The summed E-state index contributed by atoms with van der Waals surface area (Å²) in [5.74, 6) is -0.313. The maximum atomic E-state index is 12.8. The van der Waals surface area contributed by atoms with Crippen molar-refractivity contribution >= 4 is 17.5 Å². The van der Waals surface area contributed by atoms with Crippen molar-refractivity contribution in [3.8, 4) is 0 Å². The van der Waals surface area contributed by atoms with Crippen LogP contribution in [0.1, 0.15) is 27.6 Å². The van der Waals surface area contributed by atoms with Crippen LogP contribution < -0.4 is 5.32 Å². The summed E-state index contributed by atoms with van der Waals surface area (Å²) in [6.07, 6.45) is 1.10. The predicted molar refractivity (Wildman–Crippen MR) is 101 cm³/mol. The number of hydrogen-bond acceptors (Lipinski definition) is 3. The molecule has 1 aliphatic rings. The van der Waals surface area contributed by atoms with Gasteiger partial charge in [0.25, 0.3) is 5.91 Å². The van der Waals surface area contributed by atoms with Gasteiger partial charge in [0.05, 0.1) is 13.2 Å². The van der Waals surface area contributed by atoms with Crippen molar-refractivity contribution in [2.24, 2.45) is 0 Å². The number of morpholine rings is 1. The van der Waals surface area contributed by atoms with Gasteiger partial charge in [0.15, 0.2) is 0 Å². The molecular weight excluding hydrogens is 328 g/mol. The topological polar surface area (TPSA) is 58.6 Å². The lowest BCUT2D eigenvalue weighted by atomic mass is 10.0. The van der Waals surface area contributed by atoms with Gasteiger partial charge in [-0.2, -0.15) is 0 Å². The van der Waals surface area contributed by atoms with Crippen molar-refractivity contribution in [1.82, 2.24) is 4.90 Å². The molecule has 26 heavy (non-hydrogen) atoms. The Hall–Kier alpha value is -2.92. The highest BCUT2D eigenvalue weighted by Gasteiger charge is 2.26. The highest BCUT2D eigenvalue weighted by atomic mass is 16.5. The monoisotopic (exact) mass is 350 g/mol. The molecule has 1 fully saturated rings. The first-order valence-corrected chi connectivity index (χ1v) is 8.58. The van der Waals surface area contributed by atoms with Crippen LogP contribution in [0.2, 0.25) is 0 Å². The van der Waals surface area contributed by atoms with Gasteiger partial charge in [-0.3, -0.25) is 9.59 Å². The molecule has 0 bridgehead atoms. The number of ether oxygens (including phenoxy) is 1. The number of amides is 2. The molecule has 1 atom stereocenters. The third kappa shape index (κ3) is 4.00. The summed E-state index contributed by atoms with van der Waals surface area (Å²) in [7, 11) is 0. The van der Waals surface area contributed by atoms with Gasteiger partial charge in [-0.15, -0.1) is 0 Å². The number of nitrogens with zero attached hydrogens (tertiary/aromatic N) is 1. The van der Waals surface area contributed by atoms with Crippen molar-refractivity contribution in [3.05, 3.63) is 77.9 Å². The summed E-state index contributed by atoms with van der Waals surface area (Å²) in [4.78, 5) is 26.0. The molecule has 0 saturated carbocycles. The molecule has 1 heterocycles. The smallest absolute Gasteiger partial charge is 0.254 e. The second-order valence-electron chi connectivity index (χ2n) is 6.24. The lowest BCUT2D eigenvalue weighted by Gasteiger charge is -2.34. The molecule has 2 aromatic rings. The second-order valence-corrected chi connectivity index (χ2v) is 6.24. The lowest BCUT2D eigenvalue weighted by Crippen LogP contribution is -2.42. The number of nitrogens with one attached hydrogen (secondary N) is 1. The minimum absolute atomic E-state index is 0.0338. The zero-order valence-electron chi connectivity index (χ0n) is 14.8. The second kappa shape index (κ2) is 7.97. The highest BCUT2D eigenvalue weighted by molar-refractivity contribution is 5.99. The normalized spacial score (nSPS) is 16.8. The van der Waals surface area contributed by atoms with E-state index in [9.17, 15) is 9.59 Å². The van der Waals surface area contributed by atoms with Crippen molar-refractivity contribution in [3.63, 3.8) is 0 Å². The fourth-order valence-corrected chi connectivity index (χ4v) is 3.04. The quantitative estimate of drug-likeness (QED) is 0.861. The zero-order chi connectivity index (χ0) is 18.5. The van der Waals surface area contributed by atoms with E-state index in [-0.39, 0.29) is 17.9 Å². The zero-order valence-corrected chi connectivity index (χ0v) is 14.8. The third-order valence-corrected chi connectivity index (χ3v) is 4.47. The molecular formula is C21H22N2O3. The van der Waals surface area contributed by atoms with Crippen LogP contribution in [0, 0.1) is 6.92 Å². The van der Waals surface area contributed by atoms with Crippen LogP contribution in [0.5, 0.6) is 0 Å². The minimum atomic E-state index is -0.279. The fraction of sp³-hybridized carbons (Fsp3) is 0.238. The largest absolute Gasteiger partial charge is 0.370 e. The number of aryl methyl sites for hydroxylation is 1. The Morgan fingerprint density at radius 2 is 1.92 bits per heavy atom. The molecule has 2 amide bonds. The predicted octanol–water partition coefficient (Wildman–Crippen LogP) is 3.33. The van der Waals surface area contributed by atoms with E-state index in [0.717, 1.165) is 11.1 Å². The van der Waals surface area contributed by atoms with E-state index in [1.165, 1.54) is 6.08 Å². The van der Waals surface area contributed by atoms with Gasteiger partial charge in [-0.25, -0.2) is 0 Å². The van der Waals surface area contributed by atoms with E-state index < -0.39 is 0 Å². The molecule has 2 aromatic carbocycles. The van der Waals surface area contributed by atoms with Gasteiger partial charge in [-0.1, -0.05) is 30.8 Å². The summed E-state index contributed by atoms with van der Waals surface area (Å²) in [5, 5.41) is 2.67. The molecule has 0 aliphatic carbocycles. The molecule has 134 valence electrons. The minimum Gasteiger partial charge on any atom is -0.370 e. The van der Waals surface area contributed by atoms with E-state index in [1.807, 2.05) is 23.1 Å². The van der Waals surface area contributed by atoms with Gasteiger partial charge in [0, 0.05) is 17.8 Å². The van der Waals surface area contributed by atoms with Gasteiger partial charge in [-0.05, 0) is 48.4 Å². The number of benzene rings is 2. The summed E-state index contributed by atoms with van der Waals surface area (Å²) >= 11 is 0. The van der Waals surface area contributed by atoms with Crippen LogP contribution in [-0.4, -0.2) is 36.4 Å².